The average Bonchev–Trinajstić information content (AvgIpc) is 2.71. The molecule has 28 heavy (non-hydrogen) atoms. The van der Waals surface area contributed by atoms with Crippen molar-refractivity contribution in [2.24, 2.45) is 5.10 Å². The number of rotatable bonds is 9. The molecule has 0 aliphatic heterocycles. The lowest BCUT2D eigenvalue weighted by atomic mass is 10.2. The lowest BCUT2D eigenvalue weighted by molar-refractivity contribution is -0.116. The van der Waals surface area contributed by atoms with Crippen molar-refractivity contribution in [3.8, 4) is 17.2 Å². The number of benzene rings is 2. The van der Waals surface area contributed by atoms with Crippen molar-refractivity contribution in [3.05, 3.63) is 70.7 Å². The highest BCUT2D eigenvalue weighted by atomic mass is 79.9. The topological polar surface area (TPSA) is 69.2 Å². The number of amides is 1. The molecule has 0 saturated carbocycles. The van der Waals surface area contributed by atoms with Crippen LogP contribution in [0.3, 0.4) is 0 Å². The molecule has 0 aliphatic carbocycles. The van der Waals surface area contributed by atoms with Gasteiger partial charge >= 0.3 is 0 Å². The van der Waals surface area contributed by atoms with Gasteiger partial charge in [-0.1, -0.05) is 24.8 Å². The number of ether oxygens (including phenoxy) is 3. The second kappa shape index (κ2) is 10.9. The van der Waals surface area contributed by atoms with Crippen molar-refractivity contribution < 1.29 is 19.0 Å². The molecule has 0 heterocycles. The normalized spacial score (nSPS) is 10.8. The summed E-state index contributed by atoms with van der Waals surface area (Å²) < 4.78 is 16.7. The molecule has 146 valence electrons. The number of hydrogen-bond donors (Lipinski definition) is 1. The summed E-state index contributed by atoms with van der Waals surface area (Å²) in [5.74, 6) is 1.53. The van der Waals surface area contributed by atoms with Crippen LogP contribution in [0, 0.1) is 0 Å². The van der Waals surface area contributed by atoms with Gasteiger partial charge in [0.05, 0.1) is 24.9 Å². The number of nitrogens with zero attached hydrogens (tertiary/aromatic N) is 1. The Morgan fingerprint density at radius 1 is 1.18 bits per heavy atom. The first-order valence-corrected chi connectivity index (χ1v) is 9.13. The van der Waals surface area contributed by atoms with E-state index in [9.17, 15) is 4.79 Å². The number of methoxy groups -OCH3 is 2. The van der Waals surface area contributed by atoms with Crippen LogP contribution in [0.25, 0.3) is 6.08 Å². The second-order valence-corrected chi connectivity index (χ2v) is 6.33. The van der Waals surface area contributed by atoms with Crippen LogP contribution in [0.1, 0.15) is 11.1 Å². The highest BCUT2D eigenvalue weighted by Gasteiger charge is 2.10. The standard InChI is InChI=1S/C21H21BrN2O4/c1-4-11-28-21-18(22)12-16(13-19(21)27-3)14-23-24-20(25)10-7-15-5-8-17(26-2)9-6-15/h4-10,12-14H,1,11H2,2-3H3,(H,24,25)/b10-7+,23-14-. The van der Waals surface area contributed by atoms with Crippen molar-refractivity contribution >= 4 is 34.1 Å². The fourth-order valence-corrected chi connectivity index (χ4v) is 2.77. The zero-order valence-electron chi connectivity index (χ0n) is 15.6. The molecule has 0 bridgehead atoms. The predicted octanol–water partition coefficient (Wildman–Crippen LogP) is 4.19. The molecular formula is C21H21BrN2O4. The fraction of sp³-hybridized carbons (Fsp3) is 0.143. The van der Waals surface area contributed by atoms with E-state index in [2.05, 4.69) is 33.0 Å². The molecule has 2 aromatic rings. The van der Waals surface area contributed by atoms with Gasteiger partial charge in [-0.15, -0.1) is 0 Å². The average molecular weight is 445 g/mol. The number of carbonyl (C=O) groups excluding carboxylic acids is 1. The van der Waals surface area contributed by atoms with Gasteiger partial charge in [0, 0.05) is 6.08 Å². The molecule has 0 unspecified atom stereocenters. The lowest BCUT2D eigenvalue weighted by Gasteiger charge is -2.12. The Balaban J connectivity index is 1.99. The maximum Gasteiger partial charge on any atom is 0.264 e. The summed E-state index contributed by atoms with van der Waals surface area (Å²) in [6, 6.07) is 10.9. The van der Waals surface area contributed by atoms with Crippen molar-refractivity contribution in [3.63, 3.8) is 0 Å². The third-order valence-electron chi connectivity index (χ3n) is 3.53. The van der Waals surface area contributed by atoms with E-state index in [1.165, 1.54) is 12.3 Å². The van der Waals surface area contributed by atoms with Gasteiger partial charge in [-0.3, -0.25) is 4.79 Å². The highest BCUT2D eigenvalue weighted by Crippen LogP contribution is 2.36. The van der Waals surface area contributed by atoms with Gasteiger partial charge in [-0.2, -0.15) is 5.10 Å². The summed E-state index contributed by atoms with van der Waals surface area (Å²) >= 11 is 3.44. The van der Waals surface area contributed by atoms with Crippen LogP contribution in [0.4, 0.5) is 0 Å². The van der Waals surface area contributed by atoms with Crippen LogP contribution >= 0.6 is 15.9 Å². The summed E-state index contributed by atoms with van der Waals surface area (Å²) in [4.78, 5) is 11.9. The van der Waals surface area contributed by atoms with Crippen LogP contribution in [0.15, 0.2) is 64.7 Å². The van der Waals surface area contributed by atoms with Gasteiger partial charge in [0.25, 0.3) is 5.91 Å². The molecule has 7 heteroatoms. The Kier molecular flexibility index (Phi) is 8.30. The molecule has 0 aliphatic rings. The van der Waals surface area contributed by atoms with E-state index < -0.39 is 0 Å². The minimum atomic E-state index is -0.343. The minimum Gasteiger partial charge on any atom is -0.497 e. The van der Waals surface area contributed by atoms with Crippen LogP contribution in [0.5, 0.6) is 17.2 Å². The van der Waals surface area contributed by atoms with E-state index in [1.54, 1.807) is 32.4 Å². The number of hydrogen-bond acceptors (Lipinski definition) is 5. The number of halogens is 1. The molecule has 1 amide bonds. The third kappa shape index (κ3) is 6.28. The zero-order valence-corrected chi connectivity index (χ0v) is 17.2. The van der Waals surface area contributed by atoms with Crippen molar-refractivity contribution in [1.82, 2.24) is 5.43 Å². The zero-order chi connectivity index (χ0) is 20.4. The largest absolute Gasteiger partial charge is 0.497 e. The van der Waals surface area contributed by atoms with Gasteiger partial charge < -0.3 is 14.2 Å². The summed E-state index contributed by atoms with van der Waals surface area (Å²) in [5.41, 5.74) is 4.06. The Bertz CT molecular complexity index is 877. The lowest BCUT2D eigenvalue weighted by Crippen LogP contribution is -2.14. The van der Waals surface area contributed by atoms with E-state index in [0.29, 0.717) is 22.6 Å². The summed E-state index contributed by atoms with van der Waals surface area (Å²) in [6.45, 7) is 3.98. The molecule has 0 saturated heterocycles. The van der Waals surface area contributed by atoms with Crippen molar-refractivity contribution in [1.29, 1.82) is 0 Å². The van der Waals surface area contributed by atoms with Crippen LogP contribution in [-0.2, 0) is 4.79 Å². The molecule has 0 aromatic heterocycles. The fourth-order valence-electron chi connectivity index (χ4n) is 2.19. The van der Waals surface area contributed by atoms with Gasteiger partial charge in [0.1, 0.15) is 12.4 Å². The summed E-state index contributed by atoms with van der Waals surface area (Å²) in [7, 11) is 3.15. The number of carbonyl (C=O) groups is 1. The second-order valence-electron chi connectivity index (χ2n) is 5.47. The molecule has 0 fully saturated rings. The van der Waals surface area contributed by atoms with Gasteiger partial charge in [0.2, 0.25) is 0 Å². The van der Waals surface area contributed by atoms with E-state index in [4.69, 9.17) is 14.2 Å². The first kappa shape index (κ1) is 21.2. The first-order chi connectivity index (χ1) is 13.6. The minimum absolute atomic E-state index is 0.343. The van der Waals surface area contributed by atoms with Crippen LogP contribution in [-0.4, -0.2) is 32.9 Å². The van der Waals surface area contributed by atoms with Crippen molar-refractivity contribution in [2.45, 2.75) is 0 Å². The highest BCUT2D eigenvalue weighted by molar-refractivity contribution is 9.10. The SMILES string of the molecule is C=CCOc1c(Br)cc(/C=N\NC(=O)/C=C/c2ccc(OC)cc2)cc1OC. The Morgan fingerprint density at radius 2 is 1.93 bits per heavy atom. The van der Waals surface area contributed by atoms with E-state index in [0.717, 1.165) is 16.9 Å². The third-order valence-corrected chi connectivity index (χ3v) is 4.12. The van der Waals surface area contributed by atoms with E-state index >= 15 is 0 Å². The molecular weight excluding hydrogens is 424 g/mol. The maximum atomic E-state index is 11.9. The number of nitrogens with one attached hydrogen (secondary N) is 1. The quantitative estimate of drug-likeness (QED) is 0.272. The Hall–Kier alpha value is -3.06. The monoisotopic (exact) mass is 444 g/mol. The molecule has 0 atom stereocenters. The summed E-state index contributed by atoms with van der Waals surface area (Å²) in [5, 5.41) is 3.96. The molecule has 6 nitrogen and oxygen atoms in total. The molecule has 2 aromatic carbocycles. The van der Waals surface area contributed by atoms with Crippen molar-refractivity contribution in [2.75, 3.05) is 20.8 Å². The van der Waals surface area contributed by atoms with E-state index in [1.807, 2.05) is 30.3 Å². The molecule has 2 rings (SSSR count). The predicted molar refractivity (Wildman–Crippen MR) is 114 cm³/mol. The first-order valence-electron chi connectivity index (χ1n) is 8.33. The van der Waals surface area contributed by atoms with Gasteiger partial charge in [0.15, 0.2) is 11.5 Å². The Morgan fingerprint density at radius 3 is 2.57 bits per heavy atom. The Labute approximate surface area is 172 Å². The van der Waals surface area contributed by atoms with Gasteiger partial charge in [-0.25, -0.2) is 5.43 Å². The smallest absolute Gasteiger partial charge is 0.264 e. The van der Waals surface area contributed by atoms with Crippen LogP contribution in [0.2, 0.25) is 0 Å². The van der Waals surface area contributed by atoms with E-state index in [-0.39, 0.29) is 5.91 Å². The molecule has 0 spiro atoms. The summed E-state index contributed by atoms with van der Waals surface area (Å²) in [6.07, 6.45) is 6.26. The molecule has 0 radical (unpaired) electrons. The number of hydrazone groups is 1. The molecule has 1 N–H and O–H groups in total. The van der Waals surface area contributed by atoms with Crippen LogP contribution < -0.4 is 19.6 Å². The van der Waals surface area contributed by atoms with Gasteiger partial charge in [-0.05, 0) is 57.4 Å². The maximum absolute atomic E-state index is 11.9.